The van der Waals surface area contributed by atoms with Crippen LogP contribution in [-0.4, -0.2) is 10.1 Å². The summed E-state index contributed by atoms with van der Waals surface area (Å²) in [5.74, 6) is 0.527. The molecule has 0 aliphatic heterocycles. The lowest BCUT2D eigenvalue weighted by atomic mass is 9.80. The second-order valence-electron chi connectivity index (χ2n) is 3.82. The Hall–Kier alpha value is -1.06. The van der Waals surface area contributed by atoms with E-state index in [9.17, 15) is 4.79 Å². The van der Waals surface area contributed by atoms with Crippen LogP contribution in [0.4, 0.5) is 0 Å². The summed E-state index contributed by atoms with van der Waals surface area (Å²) in [6, 6.07) is 0. The number of nitrogens with zero attached hydrogens (tertiary/aromatic N) is 1. The maximum Gasteiger partial charge on any atom is 0.438 e. The van der Waals surface area contributed by atoms with Crippen LogP contribution in [0.1, 0.15) is 33.5 Å². The van der Waals surface area contributed by atoms with Crippen molar-refractivity contribution in [2.75, 3.05) is 0 Å². The Morgan fingerprint density at radius 3 is 2.42 bits per heavy atom. The molecule has 0 aliphatic rings. The molecule has 0 atom stereocenters. The number of rotatable bonds is 2. The third-order valence-electron chi connectivity index (χ3n) is 2.49. The lowest BCUT2D eigenvalue weighted by Gasteiger charge is -2.25. The van der Waals surface area contributed by atoms with Crippen molar-refractivity contribution in [1.29, 1.82) is 0 Å². The molecule has 0 spiro atoms. The Bertz CT molecular complexity index is 309. The standard InChI is InChI=1S/C8H14N2O2/c1-5(2)8(3,4)6-9-7(11)12-10-6/h5H,1-4H3,(H,9,10,11). The molecule has 0 saturated heterocycles. The van der Waals surface area contributed by atoms with Gasteiger partial charge in [0.1, 0.15) is 0 Å². The molecular formula is C8H14N2O2. The van der Waals surface area contributed by atoms with E-state index in [2.05, 4.69) is 28.5 Å². The minimum absolute atomic E-state index is 0.147. The second kappa shape index (κ2) is 2.77. The first-order valence-corrected chi connectivity index (χ1v) is 4.01. The summed E-state index contributed by atoms with van der Waals surface area (Å²) in [5.41, 5.74) is -0.147. The van der Waals surface area contributed by atoms with Gasteiger partial charge >= 0.3 is 5.76 Å². The van der Waals surface area contributed by atoms with Crippen LogP contribution in [0.2, 0.25) is 0 Å². The second-order valence-corrected chi connectivity index (χ2v) is 3.82. The molecule has 4 nitrogen and oxygen atoms in total. The van der Waals surface area contributed by atoms with Crippen molar-refractivity contribution in [3.63, 3.8) is 0 Å². The maximum absolute atomic E-state index is 10.7. The summed E-state index contributed by atoms with van der Waals surface area (Å²) in [4.78, 5) is 13.2. The average molecular weight is 170 g/mol. The monoisotopic (exact) mass is 170 g/mol. The van der Waals surface area contributed by atoms with Gasteiger partial charge in [-0.3, -0.25) is 9.51 Å². The third kappa shape index (κ3) is 1.42. The Balaban J connectivity index is 3.05. The van der Waals surface area contributed by atoms with E-state index in [1.54, 1.807) is 0 Å². The predicted octanol–water partition coefficient (Wildman–Crippen LogP) is 1.30. The molecule has 12 heavy (non-hydrogen) atoms. The fourth-order valence-corrected chi connectivity index (χ4v) is 0.782. The normalized spacial score (nSPS) is 12.4. The summed E-state index contributed by atoms with van der Waals surface area (Å²) >= 11 is 0. The first-order valence-electron chi connectivity index (χ1n) is 4.01. The topological polar surface area (TPSA) is 58.9 Å². The van der Waals surface area contributed by atoms with Crippen LogP contribution in [0.5, 0.6) is 0 Å². The molecule has 4 heteroatoms. The predicted molar refractivity (Wildman–Crippen MR) is 45.0 cm³/mol. The molecule has 0 aromatic carbocycles. The van der Waals surface area contributed by atoms with Gasteiger partial charge in [-0.25, -0.2) is 4.79 Å². The molecule has 0 bridgehead atoms. The fourth-order valence-electron chi connectivity index (χ4n) is 0.782. The van der Waals surface area contributed by atoms with E-state index in [-0.39, 0.29) is 5.41 Å². The van der Waals surface area contributed by atoms with Crippen LogP contribution < -0.4 is 5.76 Å². The molecular weight excluding hydrogens is 156 g/mol. The van der Waals surface area contributed by atoms with E-state index in [1.165, 1.54) is 0 Å². The molecule has 0 amide bonds. The molecule has 0 fully saturated rings. The molecule has 1 rings (SSSR count). The summed E-state index contributed by atoms with van der Waals surface area (Å²) in [5, 5.41) is 3.67. The number of hydrogen-bond acceptors (Lipinski definition) is 3. The highest BCUT2D eigenvalue weighted by atomic mass is 16.5. The van der Waals surface area contributed by atoms with Crippen LogP contribution in [0, 0.1) is 5.92 Å². The Labute approximate surface area is 71.0 Å². The van der Waals surface area contributed by atoms with Crippen molar-refractivity contribution in [3.8, 4) is 0 Å². The van der Waals surface area contributed by atoms with Gasteiger partial charge in [-0.1, -0.05) is 32.9 Å². The summed E-state index contributed by atoms with van der Waals surface area (Å²) in [6.45, 7) is 8.19. The van der Waals surface area contributed by atoms with Gasteiger partial charge in [0, 0.05) is 5.41 Å². The minimum Gasteiger partial charge on any atom is -0.296 e. The van der Waals surface area contributed by atoms with Crippen molar-refractivity contribution in [2.45, 2.75) is 33.1 Å². The number of hydrogen-bond donors (Lipinski definition) is 1. The van der Waals surface area contributed by atoms with Gasteiger partial charge in [-0.15, -0.1) is 0 Å². The van der Waals surface area contributed by atoms with Crippen molar-refractivity contribution < 1.29 is 4.52 Å². The summed E-state index contributed by atoms with van der Waals surface area (Å²) in [6.07, 6.45) is 0. The van der Waals surface area contributed by atoms with Crippen LogP contribution in [0.25, 0.3) is 0 Å². The van der Waals surface area contributed by atoms with Gasteiger partial charge in [-0.2, -0.15) is 0 Å². The first-order chi connectivity index (χ1) is 5.44. The van der Waals surface area contributed by atoms with E-state index in [4.69, 9.17) is 0 Å². The van der Waals surface area contributed by atoms with E-state index in [0.717, 1.165) is 0 Å². The largest absolute Gasteiger partial charge is 0.438 e. The highest BCUT2D eigenvalue weighted by molar-refractivity contribution is 5.01. The van der Waals surface area contributed by atoms with E-state index in [1.807, 2.05) is 13.8 Å². The molecule has 1 heterocycles. The zero-order valence-corrected chi connectivity index (χ0v) is 7.84. The zero-order valence-electron chi connectivity index (χ0n) is 7.84. The van der Waals surface area contributed by atoms with Crippen LogP contribution in [0.3, 0.4) is 0 Å². The van der Waals surface area contributed by atoms with E-state index < -0.39 is 5.76 Å². The molecule has 0 saturated carbocycles. The number of aromatic amines is 1. The lowest BCUT2D eigenvalue weighted by molar-refractivity contribution is 0.320. The highest BCUT2D eigenvalue weighted by Crippen LogP contribution is 2.27. The van der Waals surface area contributed by atoms with Crippen LogP contribution in [-0.2, 0) is 5.41 Å². The molecule has 0 radical (unpaired) electrons. The molecule has 1 aromatic rings. The zero-order chi connectivity index (χ0) is 9.35. The number of nitrogens with one attached hydrogen (secondary N) is 1. The summed E-state index contributed by atoms with van der Waals surface area (Å²) in [7, 11) is 0. The Morgan fingerprint density at radius 1 is 1.50 bits per heavy atom. The quantitative estimate of drug-likeness (QED) is 0.727. The fraction of sp³-hybridized carbons (Fsp3) is 0.750. The van der Waals surface area contributed by atoms with Crippen molar-refractivity contribution in [3.05, 3.63) is 16.4 Å². The molecule has 0 unspecified atom stereocenters. The SMILES string of the molecule is CC(C)C(C)(C)c1noc(=O)[nH]1. The molecule has 0 aliphatic carbocycles. The molecule has 1 N–H and O–H groups in total. The van der Waals surface area contributed by atoms with Crippen LogP contribution in [0.15, 0.2) is 9.32 Å². The van der Waals surface area contributed by atoms with Crippen molar-refractivity contribution >= 4 is 0 Å². The van der Waals surface area contributed by atoms with Crippen molar-refractivity contribution in [1.82, 2.24) is 10.1 Å². The third-order valence-corrected chi connectivity index (χ3v) is 2.49. The Kier molecular flexibility index (Phi) is 2.08. The van der Waals surface area contributed by atoms with Gasteiger partial charge < -0.3 is 0 Å². The Morgan fingerprint density at radius 2 is 2.08 bits per heavy atom. The van der Waals surface area contributed by atoms with Gasteiger partial charge in [0.2, 0.25) is 0 Å². The van der Waals surface area contributed by atoms with Gasteiger partial charge in [-0.05, 0) is 5.92 Å². The average Bonchev–Trinajstić information content (AvgIpc) is 2.35. The minimum atomic E-state index is -0.487. The van der Waals surface area contributed by atoms with Gasteiger partial charge in [0.15, 0.2) is 5.82 Å². The number of aromatic nitrogens is 2. The summed E-state index contributed by atoms with van der Waals surface area (Å²) < 4.78 is 4.44. The van der Waals surface area contributed by atoms with Crippen molar-refractivity contribution in [2.24, 2.45) is 5.92 Å². The molecule has 1 aromatic heterocycles. The first kappa shape index (κ1) is 9.03. The van der Waals surface area contributed by atoms with Crippen LogP contribution >= 0.6 is 0 Å². The number of H-pyrrole nitrogens is 1. The lowest BCUT2D eigenvalue weighted by Crippen LogP contribution is -2.26. The highest BCUT2D eigenvalue weighted by Gasteiger charge is 2.28. The van der Waals surface area contributed by atoms with E-state index in [0.29, 0.717) is 11.7 Å². The van der Waals surface area contributed by atoms with Gasteiger partial charge in [0.05, 0.1) is 0 Å². The smallest absolute Gasteiger partial charge is 0.296 e. The van der Waals surface area contributed by atoms with E-state index >= 15 is 0 Å². The maximum atomic E-state index is 10.7. The molecule has 68 valence electrons. The van der Waals surface area contributed by atoms with Gasteiger partial charge in [0.25, 0.3) is 0 Å².